The molecule has 0 saturated carbocycles. The molecule has 182 valence electrons. The zero-order valence-corrected chi connectivity index (χ0v) is 18.9. The highest BCUT2D eigenvalue weighted by atomic mass is 19.4. The fraction of sp³-hybridized carbons (Fsp3) is 0.240. The van der Waals surface area contributed by atoms with Gasteiger partial charge in [0, 0.05) is 28.2 Å². The molecule has 4 nitrogen and oxygen atoms in total. The summed E-state index contributed by atoms with van der Waals surface area (Å²) in [7, 11) is 0. The zero-order valence-electron chi connectivity index (χ0n) is 18.9. The molecular formula is C25H20F6N4. The van der Waals surface area contributed by atoms with Gasteiger partial charge in [0.05, 0.1) is 22.3 Å². The summed E-state index contributed by atoms with van der Waals surface area (Å²) in [4.78, 5) is 13.1. The molecule has 4 rings (SSSR count). The second-order valence-corrected chi connectivity index (χ2v) is 8.98. The van der Waals surface area contributed by atoms with Gasteiger partial charge < -0.3 is 5.32 Å². The molecular weight excluding hydrogens is 470 g/mol. The number of rotatable bonds is 3. The van der Waals surface area contributed by atoms with Gasteiger partial charge in [-0.1, -0.05) is 26.8 Å². The van der Waals surface area contributed by atoms with Crippen LogP contribution in [0.2, 0.25) is 0 Å². The third-order valence-electron chi connectivity index (χ3n) is 5.23. The number of benzene rings is 2. The van der Waals surface area contributed by atoms with Gasteiger partial charge in [0.2, 0.25) is 0 Å². The van der Waals surface area contributed by atoms with E-state index in [2.05, 4.69) is 20.3 Å². The van der Waals surface area contributed by atoms with Crippen LogP contribution in [0.25, 0.3) is 22.2 Å². The van der Waals surface area contributed by atoms with E-state index in [0.29, 0.717) is 28.2 Å². The van der Waals surface area contributed by atoms with Crippen molar-refractivity contribution in [1.82, 2.24) is 15.0 Å². The predicted octanol–water partition coefficient (Wildman–Crippen LogP) is 7.77. The molecule has 0 radical (unpaired) electrons. The lowest BCUT2D eigenvalue weighted by molar-refractivity contribution is -0.138. The minimum absolute atomic E-state index is 0.226. The summed E-state index contributed by atoms with van der Waals surface area (Å²) in [5.41, 5.74) is -1.43. The normalized spacial score (nSPS) is 12.7. The van der Waals surface area contributed by atoms with Crippen LogP contribution < -0.4 is 5.32 Å². The maximum absolute atomic E-state index is 13.5. The Bertz CT molecular complexity index is 1370. The predicted molar refractivity (Wildman–Crippen MR) is 121 cm³/mol. The van der Waals surface area contributed by atoms with Gasteiger partial charge in [-0.15, -0.1) is 0 Å². The smallest absolute Gasteiger partial charge is 0.340 e. The monoisotopic (exact) mass is 490 g/mol. The van der Waals surface area contributed by atoms with Gasteiger partial charge in [-0.3, -0.25) is 4.98 Å². The van der Waals surface area contributed by atoms with Crippen molar-refractivity contribution in [2.45, 2.75) is 38.5 Å². The minimum Gasteiger partial charge on any atom is -0.340 e. The first-order chi connectivity index (χ1) is 16.2. The Labute approximate surface area is 197 Å². The van der Waals surface area contributed by atoms with E-state index in [4.69, 9.17) is 0 Å². The molecule has 4 aromatic rings. The molecule has 0 aliphatic heterocycles. The van der Waals surface area contributed by atoms with Crippen molar-refractivity contribution < 1.29 is 26.3 Å². The molecule has 0 saturated heterocycles. The summed E-state index contributed by atoms with van der Waals surface area (Å²) >= 11 is 0. The van der Waals surface area contributed by atoms with Crippen LogP contribution in [0.3, 0.4) is 0 Å². The molecule has 2 aromatic heterocycles. The summed E-state index contributed by atoms with van der Waals surface area (Å²) in [6.45, 7) is 5.63. The Balaban J connectivity index is 1.84. The summed E-state index contributed by atoms with van der Waals surface area (Å²) in [6, 6.07) is 11.2. The molecule has 1 N–H and O–H groups in total. The highest BCUT2D eigenvalue weighted by Gasteiger charge is 2.34. The quantitative estimate of drug-likeness (QED) is 0.298. The molecule has 0 amide bonds. The highest BCUT2D eigenvalue weighted by molar-refractivity contribution is 5.93. The summed E-state index contributed by atoms with van der Waals surface area (Å²) < 4.78 is 79.3. The molecule has 0 unspecified atom stereocenters. The summed E-state index contributed by atoms with van der Waals surface area (Å²) in [6.07, 6.45) is -7.76. The lowest BCUT2D eigenvalue weighted by Crippen LogP contribution is -2.17. The first-order valence-electron chi connectivity index (χ1n) is 10.5. The Morgan fingerprint density at radius 3 is 2.06 bits per heavy atom. The van der Waals surface area contributed by atoms with E-state index >= 15 is 0 Å². The fourth-order valence-electron chi connectivity index (χ4n) is 3.45. The van der Waals surface area contributed by atoms with Crippen LogP contribution in [0.5, 0.6) is 0 Å². The van der Waals surface area contributed by atoms with Gasteiger partial charge in [-0.25, -0.2) is 9.97 Å². The third-order valence-corrected chi connectivity index (χ3v) is 5.23. The lowest BCUT2D eigenvalue weighted by atomic mass is 9.95. The molecule has 35 heavy (non-hydrogen) atoms. The maximum atomic E-state index is 13.5. The van der Waals surface area contributed by atoms with Crippen LogP contribution in [0.1, 0.15) is 37.7 Å². The van der Waals surface area contributed by atoms with Crippen molar-refractivity contribution in [2.75, 3.05) is 5.32 Å². The van der Waals surface area contributed by atoms with E-state index in [1.54, 1.807) is 6.07 Å². The Hall–Kier alpha value is -3.69. The summed E-state index contributed by atoms with van der Waals surface area (Å²) in [5.74, 6) is 0.733. The average Bonchev–Trinajstić information content (AvgIpc) is 2.77. The number of alkyl halides is 6. The SMILES string of the molecule is CC(C)(C)c1nc(Nc2ccc(C(F)(F)F)cc2)c2ccc(-c3ncccc3C(F)(F)F)cc2n1. The van der Waals surface area contributed by atoms with E-state index in [9.17, 15) is 26.3 Å². The number of hydrogen-bond acceptors (Lipinski definition) is 4. The van der Waals surface area contributed by atoms with Gasteiger partial charge in [-0.2, -0.15) is 26.3 Å². The molecule has 0 aliphatic rings. The van der Waals surface area contributed by atoms with Gasteiger partial charge in [0.1, 0.15) is 11.6 Å². The van der Waals surface area contributed by atoms with Crippen LogP contribution in [0.15, 0.2) is 60.8 Å². The van der Waals surface area contributed by atoms with Crippen molar-refractivity contribution in [3.05, 3.63) is 77.7 Å². The van der Waals surface area contributed by atoms with Gasteiger partial charge in [-0.05, 0) is 48.5 Å². The molecule has 0 bridgehead atoms. The second kappa shape index (κ2) is 8.51. The molecule has 10 heteroatoms. The van der Waals surface area contributed by atoms with Gasteiger partial charge in [0.15, 0.2) is 0 Å². The minimum atomic E-state index is -4.59. The zero-order chi connectivity index (χ0) is 25.6. The number of pyridine rings is 1. The van der Waals surface area contributed by atoms with Crippen molar-refractivity contribution in [2.24, 2.45) is 0 Å². The molecule has 2 heterocycles. The van der Waals surface area contributed by atoms with E-state index < -0.39 is 28.9 Å². The van der Waals surface area contributed by atoms with Crippen molar-refractivity contribution in [3.63, 3.8) is 0 Å². The average molecular weight is 490 g/mol. The van der Waals surface area contributed by atoms with E-state index in [-0.39, 0.29) is 11.3 Å². The van der Waals surface area contributed by atoms with Gasteiger partial charge >= 0.3 is 12.4 Å². The fourth-order valence-corrected chi connectivity index (χ4v) is 3.45. The summed E-state index contributed by atoms with van der Waals surface area (Å²) in [5, 5.41) is 3.51. The number of aromatic nitrogens is 3. The Morgan fingerprint density at radius 1 is 0.771 bits per heavy atom. The van der Waals surface area contributed by atoms with E-state index in [1.807, 2.05) is 20.8 Å². The number of halogens is 6. The van der Waals surface area contributed by atoms with Crippen molar-refractivity contribution >= 4 is 22.4 Å². The number of anilines is 2. The van der Waals surface area contributed by atoms with Crippen LogP contribution in [0.4, 0.5) is 37.8 Å². The first kappa shape index (κ1) is 24.4. The van der Waals surface area contributed by atoms with Crippen molar-refractivity contribution in [1.29, 1.82) is 0 Å². The highest BCUT2D eigenvalue weighted by Crippen LogP contribution is 2.38. The lowest BCUT2D eigenvalue weighted by Gasteiger charge is -2.20. The van der Waals surface area contributed by atoms with E-state index in [1.165, 1.54) is 36.5 Å². The first-order valence-corrected chi connectivity index (χ1v) is 10.5. The molecule has 0 fully saturated rings. The second-order valence-electron chi connectivity index (χ2n) is 8.98. The number of nitrogens with zero attached hydrogens (tertiary/aromatic N) is 3. The van der Waals surface area contributed by atoms with Crippen molar-refractivity contribution in [3.8, 4) is 11.3 Å². The Kier molecular flexibility index (Phi) is 5.94. The van der Waals surface area contributed by atoms with Crippen LogP contribution in [-0.4, -0.2) is 15.0 Å². The van der Waals surface area contributed by atoms with Gasteiger partial charge in [0.25, 0.3) is 0 Å². The van der Waals surface area contributed by atoms with Crippen LogP contribution in [0, 0.1) is 0 Å². The molecule has 0 aliphatic carbocycles. The largest absolute Gasteiger partial charge is 0.418 e. The number of hydrogen-bond donors (Lipinski definition) is 1. The molecule has 0 atom stereocenters. The number of fused-ring (bicyclic) bond motifs is 1. The van der Waals surface area contributed by atoms with E-state index in [0.717, 1.165) is 18.2 Å². The maximum Gasteiger partial charge on any atom is 0.418 e. The standard InChI is InChI=1S/C25H20F6N4/c1-23(2,3)22-34-19-13-14(20-18(25(29,30)31)5-4-12-32-20)6-11-17(19)21(35-22)33-16-9-7-15(8-10-16)24(26,27)28/h4-13H,1-3H3,(H,33,34,35). The Morgan fingerprint density at radius 2 is 1.46 bits per heavy atom. The van der Waals surface area contributed by atoms with Crippen LogP contribution in [-0.2, 0) is 17.8 Å². The topological polar surface area (TPSA) is 50.7 Å². The molecule has 0 spiro atoms. The number of nitrogens with one attached hydrogen (secondary N) is 1. The van der Waals surface area contributed by atoms with Crippen LogP contribution >= 0.6 is 0 Å². The third kappa shape index (κ3) is 5.21. The molecule has 2 aromatic carbocycles.